The van der Waals surface area contributed by atoms with Gasteiger partial charge in [0, 0.05) is 38.5 Å². The van der Waals surface area contributed by atoms with E-state index in [1.54, 1.807) is 0 Å². The van der Waals surface area contributed by atoms with Crippen molar-refractivity contribution in [1.29, 1.82) is 0 Å². The molecule has 0 atom stereocenters. The second kappa shape index (κ2) is 10.5. The van der Waals surface area contributed by atoms with Crippen molar-refractivity contribution in [2.24, 2.45) is 0 Å². The van der Waals surface area contributed by atoms with E-state index in [4.69, 9.17) is 14.5 Å². The number of aromatic nitrogens is 1. The van der Waals surface area contributed by atoms with E-state index in [0.717, 1.165) is 44.4 Å². The van der Waals surface area contributed by atoms with E-state index in [2.05, 4.69) is 29.3 Å². The Balaban J connectivity index is 2.72. The van der Waals surface area contributed by atoms with Gasteiger partial charge >= 0.3 is 0 Å². The molecule has 1 aromatic heterocycles. The molecule has 1 heterocycles. The smallest absolute Gasteiger partial charge is 0.128 e. The molecule has 0 aliphatic heterocycles. The van der Waals surface area contributed by atoms with Crippen LogP contribution in [0.15, 0.2) is 12.1 Å². The zero-order valence-corrected chi connectivity index (χ0v) is 13.8. The van der Waals surface area contributed by atoms with E-state index >= 15 is 0 Å². The first-order valence-corrected chi connectivity index (χ1v) is 7.74. The minimum atomic E-state index is 0.710. The fourth-order valence-electron chi connectivity index (χ4n) is 2.11. The molecule has 1 rings (SSSR count). The molecule has 0 saturated heterocycles. The molecular weight excluding hydrogens is 266 g/mol. The van der Waals surface area contributed by atoms with Crippen LogP contribution >= 0.6 is 0 Å². The molecular formula is C16H29N3O2. The molecule has 21 heavy (non-hydrogen) atoms. The van der Waals surface area contributed by atoms with Gasteiger partial charge in [0.05, 0.1) is 13.2 Å². The maximum Gasteiger partial charge on any atom is 0.128 e. The molecule has 0 radical (unpaired) electrons. The summed E-state index contributed by atoms with van der Waals surface area (Å²) >= 11 is 0. The summed E-state index contributed by atoms with van der Waals surface area (Å²) in [7, 11) is 1.95. The molecule has 0 bridgehead atoms. The number of nitrogens with one attached hydrogen (secondary N) is 1. The minimum absolute atomic E-state index is 0.710. The van der Waals surface area contributed by atoms with E-state index in [0.29, 0.717) is 13.2 Å². The lowest BCUT2D eigenvalue weighted by atomic mass is 10.2. The first kappa shape index (κ1) is 17.9. The van der Waals surface area contributed by atoms with Gasteiger partial charge in [0.25, 0.3) is 0 Å². The number of nitrogens with zero attached hydrogens (tertiary/aromatic N) is 2. The van der Waals surface area contributed by atoms with Crippen molar-refractivity contribution >= 4 is 5.82 Å². The van der Waals surface area contributed by atoms with Crippen molar-refractivity contribution in [3.63, 3.8) is 0 Å². The van der Waals surface area contributed by atoms with Crippen LogP contribution in [0.2, 0.25) is 0 Å². The van der Waals surface area contributed by atoms with Gasteiger partial charge in [-0.2, -0.15) is 0 Å². The third-order valence-corrected chi connectivity index (χ3v) is 3.29. The molecule has 0 spiro atoms. The topological polar surface area (TPSA) is 46.6 Å². The lowest BCUT2D eigenvalue weighted by Crippen LogP contribution is -2.32. The van der Waals surface area contributed by atoms with Gasteiger partial charge in [-0.3, -0.25) is 0 Å². The number of rotatable bonds is 11. The molecule has 0 unspecified atom stereocenters. The standard InChI is InChI=1S/C16H29N3O2/c1-5-20-11-9-19(10-12-21-6-2)16-8-7-15(13-17-4)14(3)18-16/h7-8,17H,5-6,9-13H2,1-4H3. The lowest BCUT2D eigenvalue weighted by molar-refractivity contribution is 0.141. The summed E-state index contributed by atoms with van der Waals surface area (Å²) in [5, 5.41) is 3.16. The maximum absolute atomic E-state index is 5.46. The molecule has 1 aromatic rings. The zero-order chi connectivity index (χ0) is 15.5. The average molecular weight is 295 g/mol. The number of aryl methyl sites for hydroxylation is 1. The van der Waals surface area contributed by atoms with Crippen molar-refractivity contribution in [2.75, 3.05) is 51.5 Å². The van der Waals surface area contributed by atoms with Crippen LogP contribution in [0.4, 0.5) is 5.82 Å². The van der Waals surface area contributed by atoms with Crippen LogP contribution in [-0.4, -0.2) is 51.5 Å². The number of hydrogen-bond acceptors (Lipinski definition) is 5. The van der Waals surface area contributed by atoms with Gasteiger partial charge in [0.2, 0.25) is 0 Å². The first-order valence-electron chi connectivity index (χ1n) is 7.74. The van der Waals surface area contributed by atoms with Gasteiger partial charge < -0.3 is 19.7 Å². The summed E-state index contributed by atoms with van der Waals surface area (Å²) in [5.74, 6) is 0.992. The second-order valence-corrected chi connectivity index (χ2v) is 4.83. The Morgan fingerprint density at radius 2 is 1.71 bits per heavy atom. The van der Waals surface area contributed by atoms with Crippen molar-refractivity contribution in [1.82, 2.24) is 10.3 Å². The van der Waals surface area contributed by atoms with Gasteiger partial charge in [0.1, 0.15) is 5.82 Å². The van der Waals surface area contributed by atoms with Crippen molar-refractivity contribution in [2.45, 2.75) is 27.3 Å². The Hall–Kier alpha value is -1.17. The second-order valence-electron chi connectivity index (χ2n) is 4.83. The summed E-state index contributed by atoms with van der Waals surface area (Å²) < 4.78 is 10.9. The Morgan fingerprint density at radius 3 is 2.19 bits per heavy atom. The van der Waals surface area contributed by atoms with Crippen LogP contribution in [0.25, 0.3) is 0 Å². The van der Waals surface area contributed by atoms with Crippen LogP contribution in [0.5, 0.6) is 0 Å². The number of hydrogen-bond donors (Lipinski definition) is 1. The van der Waals surface area contributed by atoms with Gasteiger partial charge in [-0.25, -0.2) is 4.98 Å². The first-order chi connectivity index (χ1) is 10.2. The molecule has 120 valence electrons. The highest BCUT2D eigenvalue weighted by Crippen LogP contribution is 2.15. The van der Waals surface area contributed by atoms with E-state index in [1.807, 2.05) is 20.9 Å². The Labute approximate surface area is 128 Å². The van der Waals surface area contributed by atoms with Crippen LogP contribution < -0.4 is 10.2 Å². The van der Waals surface area contributed by atoms with E-state index < -0.39 is 0 Å². The summed E-state index contributed by atoms with van der Waals surface area (Å²) in [4.78, 5) is 6.95. The highest BCUT2D eigenvalue weighted by atomic mass is 16.5. The molecule has 0 aromatic carbocycles. The quantitative estimate of drug-likeness (QED) is 0.633. The largest absolute Gasteiger partial charge is 0.380 e. The Bertz CT molecular complexity index is 389. The average Bonchev–Trinajstić information content (AvgIpc) is 2.48. The Morgan fingerprint density at radius 1 is 1.10 bits per heavy atom. The van der Waals surface area contributed by atoms with E-state index in [9.17, 15) is 0 Å². The predicted molar refractivity (Wildman–Crippen MR) is 86.9 cm³/mol. The van der Waals surface area contributed by atoms with Crippen LogP contribution in [0.3, 0.4) is 0 Å². The van der Waals surface area contributed by atoms with Gasteiger partial charge in [-0.1, -0.05) is 6.07 Å². The zero-order valence-electron chi connectivity index (χ0n) is 13.8. The molecule has 0 amide bonds. The highest BCUT2D eigenvalue weighted by Gasteiger charge is 2.09. The molecule has 5 heteroatoms. The predicted octanol–water partition coefficient (Wildman–Crippen LogP) is 1.99. The molecule has 0 aliphatic rings. The highest BCUT2D eigenvalue weighted by molar-refractivity contribution is 5.41. The molecule has 0 saturated carbocycles. The molecule has 0 fully saturated rings. The van der Waals surface area contributed by atoms with Crippen molar-refractivity contribution in [3.8, 4) is 0 Å². The normalized spacial score (nSPS) is 10.9. The fourth-order valence-corrected chi connectivity index (χ4v) is 2.11. The van der Waals surface area contributed by atoms with Crippen LogP contribution in [0.1, 0.15) is 25.1 Å². The summed E-state index contributed by atoms with van der Waals surface area (Å²) in [6.45, 7) is 11.5. The Kier molecular flexibility index (Phi) is 8.98. The van der Waals surface area contributed by atoms with Gasteiger partial charge in [-0.05, 0) is 39.4 Å². The molecule has 1 N–H and O–H groups in total. The molecule has 5 nitrogen and oxygen atoms in total. The SMILES string of the molecule is CCOCCN(CCOCC)c1ccc(CNC)c(C)n1. The van der Waals surface area contributed by atoms with Gasteiger partial charge in [0.15, 0.2) is 0 Å². The summed E-state index contributed by atoms with van der Waals surface area (Å²) in [6, 6.07) is 4.22. The third-order valence-electron chi connectivity index (χ3n) is 3.29. The molecule has 0 aliphatic carbocycles. The van der Waals surface area contributed by atoms with E-state index in [1.165, 1.54) is 5.56 Å². The fraction of sp³-hybridized carbons (Fsp3) is 0.688. The van der Waals surface area contributed by atoms with Gasteiger partial charge in [-0.15, -0.1) is 0 Å². The minimum Gasteiger partial charge on any atom is -0.380 e. The monoisotopic (exact) mass is 295 g/mol. The van der Waals surface area contributed by atoms with Crippen molar-refractivity contribution < 1.29 is 9.47 Å². The summed E-state index contributed by atoms with van der Waals surface area (Å²) in [5.41, 5.74) is 2.30. The third kappa shape index (κ3) is 6.42. The number of anilines is 1. The maximum atomic E-state index is 5.46. The number of pyridine rings is 1. The van der Waals surface area contributed by atoms with Crippen LogP contribution in [0, 0.1) is 6.92 Å². The van der Waals surface area contributed by atoms with Crippen LogP contribution in [-0.2, 0) is 16.0 Å². The number of ether oxygens (including phenoxy) is 2. The summed E-state index contributed by atoms with van der Waals surface area (Å²) in [6.07, 6.45) is 0. The van der Waals surface area contributed by atoms with Crippen molar-refractivity contribution in [3.05, 3.63) is 23.4 Å². The lowest BCUT2D eigenvalue weighted by Gasteiger charge is -2.24. The van der Waals surface area contributed by atoms with E-state index in [-0.39, 0.29) is 0 Å².